The van der Waals surface area contributed by atoms with E-state index in [9.17, 15) is 4.79 Å². The highest BCUT2D eigenvalue weighted by Gasteiger charge is 2.39. The molecule has 0 aromatic heterocycles. The summed E-state index contributed by atoms with van der Waals surface area (Å²) in [7, 11) is 0.0978. The number of carbonyl (C=O) groups excluding carboxylic acids is 1. The molecule has 2 atom stereocenters. The number of esters is 1. The first-order chi connectivity index (χ1) is 11.9. The zero-order valence-corrected chi connectivity index (χ0v) is 18.6. The number of para-hydroxylation sites is 1. The molecule has 26 heavy (non-hydrogen) atoms. The van der Waals surface area contributed by atoms with Gasteiger partial charge in [0.2, 0.25) is 0 Å². The summed E-state index contributed by atoms with van der Waals surface area (Å²) >= 11 is 0. The number of hydrogen-bond donors (Lipinski definition) is 0. The van der Waals surface area contributed by atoms with Gasteiger partial charge in [-0.15, -0.1) is 0 Å². The molecule has 1 aromatic rings. The maximum Gasteiger partial charge on any atom is 0.329 e. The number of cyclic esters (lactones) is 1. The summed E-state index contributed by atoms with van der Waals surface area (Å²) in [5.41, 5.74) is 2.32. The first-order valence-electron chi connectivity index (χ1n) is 9.59. The van der Waals surface area contributed by atoms with Crippen molar-refractivity contribution in [1.82, 2.24) is 0 Å². The molecule has 0 bridgehead atoms. The van der Waals surface area contributed by atoms with Crippen molar-refractivity contribution in [3.63, 3.8) is 0 Å². The molecule has 1 heterocycles. The van der Waals surface area contributed by atoms with Crippen LogP contribution in [0.25, 0.3) is 0 Å². The van der Waals surface area contributed by atoms with Crippen LogP contribution in [0.3, 0.4) is 0 Å². The summed E-state index contributed by atoms with van der Waals surface area (Å²) in [6.07, 6.45) is 0.443. The lowest BCUT2D eigenvalue weighted by atomic mass is 9.97. The van der Waals surface area contributed by atoms with Crippen molar-refractivity contribution >= 4 is 20.0 Å². The molecule has 0 unspecified atom stereocenters. The average molecular weight is 378 g/mol. The van der Waals surface area contributed by atoms with E-state index in [0.29, 0.717) is 13.0 Å². The van der Waals surface area contributed by atoms with Gasteiger partial charge in [0.05, 0.1) is 6.61 Å². The fourth-order valence-corrected chi connectivity index (χ4v) is 4.22. The van der Waals surface area contributed by atoms with Gasteiger partial charge in [-0.2, -0.15) is 0 Å². The van der Waals surface area contributed by atoms with Gasteiger partial charge >= 0.3 is 5.97 Å². The molecule has 0 radical (unpaired) electrons. The van der Waals surface area contributed by atoms with Crippen molar-refractivity contribution in [2.45, 2.75) is 71.3 Å². The maximum atomic E-state index is 12.9. The van der Waals surface area contributed by atoms with Crippen LogP contribution in [0, 0.1) is 5.92 Å². The number of hydrogen-bond acceptors (Lipinski definition) is 4. The lowest BCUT2D eigenvalue weighted by Gasteiger charge is -2.39. The largest absolute Gasteiger partial charge is 0.458 e. The summed E-state index contributed by atoms with van der Waals surface area (Å²) in [6.45, 7) is 15.7. The Hall–Kier alpha value is -1.33. The molecule has 0 saturated heterocycles. The van der Waals surface area contributed by atoms with Crippen LogP contribution in [0.4, 0.5) is 5.69 Å². The molecular weight excluding hydrogens is 342 g/mol. The Bertz CT molecular complexity index is 636. The number of ether oxygens (including phenoxy) is 1. The number of rotatable bonds is 4. The van der Waals surface area contributed by atoms with Crippen LogP contribution >= 0.6 is 0 Å². The predicted octanol–water partition coefficient (Wildman–Crippen LogP) is 4.64. The smallest absolute Gasteiger partial charge is 0.329 e. The van der Waals surface area contributed by atoms with E-state index in [1.807, 2.05) is 19.2 Å². The molecule has 0 aliphatic carbocycles. The second-order valence-electron chi connectivity index (χ2n) is 9.26. The van der Waals surface area contributed by atoms with E-state index < -0.39 is 8.32 Å². The summed E-state index contributed by atoms with van der Waals surface area (Å²) in [6, 6.07) is 8.01. The SMILES string of the molecule is CC(C)[C@H]1C(=O)O[C@@H](CO[Si](C)(C)C(C)(C)C)Cc2ccccc2N1C. The second-order valence-corrected chi connectivity index (χ2v) is 14.1. The van der Waals surface area contributed by atoms with Crippen molar-refractivity contribution in [2.24, 2.45) is 5.92 Å². The minimum absolute atomic E-state index is 0.136. The van der Waals surface area contributed by atoms with Crippen LogP contribution in [-0.4, -0.2) is 40.1 Å². The van der Waals surface area contributed by atoms with E-state index in [-0.39, 0.29) is 29.1 Å². The summed E-state index contributed by atoms with van der Waals surface area (Å²) in [5, 5.41) is 0.136. The van der Waals surface area contributed by atoms with Crippen LogP contribution in [0.1, 0.15) is 40.2 Å². The fraction of sp³-hybridized carbons (Fsp3) is 0.667. The number of benzene rings is 1. The van der Waals surface area contributed by atoms with Gasteiger partial charge in [0.1, 0.15) is 12.1 Å². The maximum absolute atomic E-state index is 12.9. The molecule has 2 rings (SSSR count). The number of anilines is 1. The van der Waals surface area contributed by atoms with Gasteiger partial charge < -0.3 is 14.1 Å². The van der Waals surface area contributed by atoms with Crippen molar-refractivity contribution in [1.29, 1.82) is 0 Å². The molecule has 0 amide bonds. The Kier molecular flexibility index (Phi) is 6.23. The Balaban J connectivity index is 2.28. The van der Waals surface area contributed by atoms with E-state index in [2.05, 4.69) is 64.7 Å². The fourth-order valence-electron chi connectivity index (χ4n) is 3.19. The Morgan fingerprint density at radius 1 is 1.27 bits per heavy atom. The molecule has 0 saturated carbocycles. The van der Waals surface area contributed by atoms with Gasteiger partial charge in [-0.1, -0.05) is 52.8 Å². The molecule has 5 heteroatoms. The Morgan fingerprint density at radius 2 is 1.88 bits per heavy atom. The lowest BCUT2D eigenvalue weighted by Crippen LogP contribution is -2.49. The van der Waals surface area contributed by atoms with Crippen LogP contribution < -0.4 is 4.90 Å². The van der Waals surface area contributed by atoms with Gasteiger partial charge in [0.15, 0.2) is 8.32 Å². The third kappa shape index (κ3) is 4.49. The van der Waals surface area contributed by atoms with E-state index in [4.69, 9.17) is 9.16 Å². The molecule has 4 nitrogen and oxygen atoms in total. The third-order valence-electron chi connectivity index (χ3n) is 5.83. The minimum atomic E-state index is -1.89. The summed E-state index contributed by atoms with van der Waals surface area (Å²) < 4.78 is 12.3. The molecule has 0 N–H and O–H groups in total. The van der Waals surface area contributed by atoms with Crippen molar-refractivity contribution in [2.75, 3.05) is 18.6 Å². The molecule has 0 fully saturated rings. The standard InChI is InChI=1S/C21H35NO3Si/c1-15(2)19-20(23)25-17(14-24-26(7,8)21(3,4)5)13-16-11-9-10-12-18(16)22(19)6/h9-12,15,17,19H,13-14H2,1-8H3/t17-,19+/m1/s1. The molecule has 146 valence electrons. The van der Waals surface area contributed by atoms with Gasteiger partial charge in [0, 0.05) is 19.2 Å². The first-order valence-corrected chi connectivity index (χ1v) is 12.5. The first kappa shape index (κ1) is 21.0. The topological polar surface area (TPSA) is 38.8 Å². The Labute approximate surface area is 160 Å². The van der Waals surface area contributed by atoms with Gasteiger partial charge in [-0.25, -0.2) is 4.79 Å². The van der Waals surface area contributed by atoms with E-state index >= 15 is 0 Å². The van der Waals surface area contributed by atoms with Gasteiger partial charge in [0.25, 0.3) is 0 Å². The third-order valence-corrected chi connectivity index (χ3v) is 10.3. The van der Waals surface area contributed by atoms with Crippen molar-refractivity contribution < 1.29 is 14.0 Å². The quantitative estimate of drug-likeness (QED) is 0.566. The molecular formula is C21H35NO3Si. The van der Waals surface area contributed by atoms with Crippen LogP contribution in [-0.2, 0) is 20.4 Å². The molecule has 1 aliphatic heterocycles. The summed E-state index contributed by atoms with van der Waals surface area (Å²) in [4.78, 5) is 14.9. The summed E-state index contributed by atoms with van der Waals surface area (Å²) in [5.74, 6) is 0.0152. The van der Waals surface area contributed by atoms with E-state index in [0.717, 1.165) is 5.69 Å². The number of likely N-dealkylation sites (N-methyl/N-ethyl adjacent to an activating group) is 1. The highest BCUT2D eigenvalue weighted by Crippen LogP contribution is 2.37. The lowest BCUT2D eigenvalue weighted by molar-refractivity contribution is -0.153. The average Bonchev–Trinajstić information content (AvgIpc) is 2.50. The highest BCUT2D eigenvalue weighted by molar-refractivity contribution is 6.74. The zero-order chi connectivity index (χ0) is 19.7. The number of fused-ring (bicyclic) bond motifs is 1. The highest BCUT2D eigenvalue weighted by atomic mass is 28.4. The number of carbonyl (C=O) groups is 1. The van der Waals surface area contributed by atoms with E-state index in [1.54, 1.807) is 0 Å². The van der Waals surface area contributed by atoms with Crippen molar-refractivity contribution in [3.05, 3.63) is 29.8 Å². The number of nitrogens with zero attached hydrogens (tertiary/aromatic N) is 1. The van der Waals surface area contributed by atoms with Crippen LogP contribution in [0.15, 0.2) is 24.3 Å². The normalized spacial score (nSPS) is 21.9. The predicted molar refractivity (Wildman–Crippen MR) is 110 cm³/mol. The molecule has 1 aromatic carbocycles. The van der Waals surface area contributed by atoms with Gasteiger partial charge in [-0.3, -0.25) is 0 Å². The minimum Gasteiger partial charge on any atom is -0.458 e. The molecule has 0 spiro atoms. The molecule has 1 aliphatic rings. The monoisotopic (exact) mass is 377 g/mol. The van der Waals surface area contributed by atoms with Crippen molar-refractivity contribution in [3.8, 4) is 0 Å². The van der Waals surface area contributed by atoms with Crippen LogP contribution in [0.5, 0.6) is 0 Å². The van der Waals surface area contributed by atoms with E-state index in [1.165, 1.54) is 5.56 Å². The second kappa shape index (κ2) is 7.73. The Morgan fingerprint density at radius 3 is 2.46 bits per heavy atom. The zero-order valence-electron chi connectivity index (χ0n) is 17.6. The van der Waals surface area contributed by atoms with Crippen LogP contribution in [0.2, 0.25) is 18.1 Å². The van der Waals surface area contributed by atoms with Gasteiger partial charge in [-0.05, 0) is 35.7 Å².